The van der Waals surface area contributed by atoms with Crippen LogP contribution in [0.3, 0.4) is 0 Å². The number of aromatic nitrogens is 4. The zero-order valence-corrected chi connectivity index (χ0v) is 19.7. The van der Waals surface area contributed by atoms with Gasteiger partial charge < -0.3 is 14.3 Å². The van der Waals surface area contributed by atoms with E-state index in [4.69, 9.17) is 16.1 Å². The molecular weight excluding hydrogens is 476 g/mol. The van der Waals surface area contributed by atoms with Crippen molar-refractivity contribution in [1.82, 2.24) is 24.8 Å². The molecule has 1 saturated heterocycles. The number of nitrogens with zero attached hydrogens (tertiary/aromatic N) is 6. The lowest BCUT2D eigenvalue weighted by molar-refractivity contribution is -0.131. The SMILES string of the molecule is O=C(CCc1nc(-c2cccs2)no1)N1CCN(c2cnn(-c3ccccc3)c(=O)c2Cl)CC1. The number of carbonyl (C=O) groups excluding carboxylic acids is 1. The maximum absolute atomic E-state index is 12.8. The monoisotopic (exact) mass is 496 g/mol. The summed E-state index contributed by atoms with van der Waals surface area (Å²) in [5, 5.41) is 10.3. The third kappa shape index (κ3) is 4.59. The summed E-state index contributed by atoms with van der Waals surface area (Å²) >= 11 is 7.96. The molecule has 4 aromatic rings. The number of halogens is 1. The highest BCUT2D eigenvalue weighted by molar-refractivity contribution is 7.13. The van der Waals surface area contributed by atoms with Crippen molar-refractivity contribution in [3.63, 3.8) is 0 Å². The highest BCUT2D eigenvalue weighted by Gasteiger charge is 2.24. The normalized spacial score (nSPS) is 13.9. The molecule has 0 atom stereocenters. The predicted octanol–water partition coefficient (Wildman–Crippen LogP) is 3.28. The van der Waals surface area contributed by atoms with Gasteiger partial charge >= 0.3 is 0 Å². The number of anilines is 1. The third-order valence-electron chi connectivity index (χ3n) is 5.64. The van der Waals surface area contributed by atoms with E-state index in [1.54, 1.807) is 23.2 Å². The minimum Gasteiger partial charge on any atom is -0.365 e. The Bertz CT molecular complexity index is 1330. The average Bonchev–Trinajstić information content (AvgIpc) is 3.57. The maximum Gasteiger partial charge on any atom is 0.292 e. The van der Waals surface area contributed by atoms with Crippen molar-refractivity contribution in [3.8, 4) is 16.4 Å². The van der Waals surface area contributed by atoms with Crippen LogP contribution in [0.25, 0.3) is 16.4 Å². The van der Waals surface area contributed by atoms with E-state index in [1.807, 2.05) is 40.6 Å². The minimum atomic E-state index is -0.370. The van der Waals surface area contributed by atoms with Crippen LogP contribution < -0.4 is 10.5 Å². The van der Waals surface area contributed by atoms with Gasteiger partial charge in [0.15, 0.2) is 0 Å². The van der Waals surface area contributed by atoms with Gasteiger partial charge in [-0.3, -0.25) is 9.59 Å². The minimum absolute atomic E-state index is 0.0271. The lowest BCUT2D eigenvalue weighted by Gasteiger charge is -2.36. The van der Waals surface area contributed by atoms with Gasteiger partial charge in [0, 0.05) is 39.0 Å². The van der Waals surface area contributed by atoms with Crippen molar-refractivity contribution in [2.24, 2.45) is 0 Å². The highest BCUT2D eigenvalue weighted by atomic mass is 35.5. The number of hydrogen-bond acceptors (Lipinski definition) is 8. The Morgan fingerprint density at radius 2 is 1.88 bits per heavy atom. The van der Waals surface area contributed by atoms with Gasteiger partial charge in [-0.25, -0.2) is 0 Å². The number of rotatable bonds is 6. The van der Waals surface area contributed by atoms with Crippen molar-refractivity contribution in [2.75, 3.05) is 31.1 Å². The number of hydrogen-bond donors (Lipinski definition) is 0. The Morgan fingerprint density at radius 3 is 2.62 bits per heavy atom. The van der Waals surface area contributed by atoms with E-state index in [1.165, 1.54) is 16.0 Å². The first kappa shape index (κ1) is 22.3. The predicted molar refractivity (Wildman–Crippen MR) is 130 cm³/mol. The Labute approximate surface area is 204 Å². The summed E-state index contributed by atoms with van der Waals surface area (Å²) in [5.74, 6) is 1.03. The van der Waals surface area contributed by atoms with Crippen LogP contribution in [0.2, 0.25) is 5.02 Å². The molecule has 1 amide bonds. The van der Waals surface area contributed by atoms with Gasteiger partial charge in [0.05, 0.1) is 22.4 Å². The summed E-state index contributed by atoms with van der Waals surface area (Å²) in [5.41, 5.74) is 0.864. The zero-order chi connectivity index (χ0) is 23.5. The summed E-state index contributed by atoms with van der Waals surface area (Å²) in [6.07, 6.45) is 2.29. The largest absolute Gasteiger partial charge is 0.365 e. The number of para-hydroxylation sites is 1. The van der Waals surface area contributed by atoms with E-state index in [0.29, 0.717) is 62.1 Å². The van der Waals surface area contributed by atoms with E-state index in [2.05, 4.69) is 15.2 Å². The van der Waals surface area contributed by atoms with Crippen molar-refractivity contribution in [1.29, 1.82) is 0 Å². The van der Waals surface area contributed by atoms with Crippen LogP contribution in [0, 0.1) is 0 Å². The van der Waals surface area contributed by atoms with Gasteiger partial charge in [0.1, 0.15) is 5.02 Å². The molecule has 9 nitrogen and oxygen atoms in total. The van der Waals surface area contributed by atoms with Crippen LogP contribution in [0.4, 0.5) is 5.69 Å². The van der Waals surface area contributed by atoms with Crippen LogP contribution in [-0.2, 0) is 11.2 Å². The highest BCUT2D eigenvalue weighted by Crippen LogP contribution is 2.24. The van der Waals surface area contributed by atoms with E-state index in [-0.39, 0.29) is 16.5 Å². The second kappa shape index (κ2) is 9.78. The lowest BCUT2D eigenvalue weighted by Crippen LogP contribution is -2.49. The molecule has 0 N–H and O–H groups in total. The molecule has 1 aromatic carbocycles. The van der Waals surface area contributed by atoms with Crippen LogP contribution in [0.1, 0.15) is 12.3 Å². The van der Waals surface area contributed by atoms with Gasteiger partial charge in [-0.15, -0.1) is 11.3 Å². The molecule has 0 unspecified atom stereocenters. The molecule has 5 rings (SSSR count). The summed E-state index contributed by atoms with van der Waals surface area (Å²) in [4.78, 5) is 34.6. The first-order valence-corrected chi connectivity index (χ1v) is 12.1. The van der Waals surface area contributed by atoms with E-state index in [0.717, 1.165) is 4.88 Å². The molecule has 1 aliphatic rings. The number of amides is 1. The second-order valence-electron chi connectivity index (χ2n) is 7.75. The van der Waals surface area contributed by atoms with Crippen LogP contribution in [0.5, 0.6) is 0 Å². The molecule has 11 heteroatoms. The number of benzene rings is 1. The number of carbonyl (C=O) groups is 1. The van der Waals surface area contributed by atoms with Gasteiger partial charge in [-0.1, -0.05) is 41.0 Å². The van der Waals surface area contributed by atoms with E-state index < -0.39 is 0 Å². The lowest BCUT2D eigenvalue weighted by atomic mass is 10.2. The van der Waals surface area contributed by atoms with Gasteiger partial charge in [0.25, 0.3) is 5.56 Å². The Kier molecular flexibility index (Phi) is 6.41. The van der Waals surface area contributed by atoms with E-state index in [9.17, 15) is 9.59 Å². The molecule has 174 valence electrons. The standard InChI is InChI=1S/C23H21ClN6O3S/c24-21-17(15-25-30(23(21)32)16-5-2-1-3-6-16)28-10-12-29(13-11-28)20(31)9-8-19-26-22(27-33-19)18-7-4-14-34-18/h1-7,14-15H,8-13H2. The molecule has 0 aliphatic carbocycles. The number of aryl methyl sites for hydroxylation is 1. The fourth-order valence-corrected chi connectivity index (χ4v) is 4.73. The van der Waals surface area contributed by atoms with Crippen LogP contribution >= 0.6 is 22.9 Å². The molecule has 0 spiro atoms. The summed E-state index contributed by atoms with van der Waals surface area (Å²) in [6.45, 7) is 2.18. The Balaban J connectivity index is 1.17. The zero-order valence-electron chi connectivity index (χ0n) is 18.1. The average molecular weight is 497 g/mol. The Hall–Kier alpha value is -3.50. The number of piperazine rings is 1. The Morgan fingerprint density at radius 1 is 1.09 bits per heavy atom. The molecule has 0 saturated carbocycles. The van der Waals surface area contributed by atoms with Gasteiger partial charge in [-0.2, -0.15) is 14.8 Å². The molecule has 0 bridgehead atoms. The molecule has 1 fully saturated rings. The maximum atomic E-state index is 12.8. The smallest absolute Gasteiger partial charge is 0.292 e. The molecule has 3 aromatic heterocycles. The summed E-state index contributed by atoms with van der Waals surface area (Å²) < 4.78 is 6.57. The fourth-order valence-electron chi connectivity index (χ4n) is 3.83. The van der Waals surface area contributed by atoms with Crippen molar-refractivity contribution >= 4 is 34.5 Å². The van der Waals surface area contributed by atoms with Crippen LogP contribution in [-0.4, -0.2) is 56.9 Å². The van der Waals surface area contributed by atoms with Crippen molar-refractivity contribution in [3.05, 3.63) is 75.3 Å². The molecule has 0 radical (unpaired) electrons. The second-order valence-corrected chi connectivity index (χ2v) is 9.08. The van der Waals surface area contributed by atoms with Crippen molar-refractivity contribution < 1.29 is 9.32 Å². The molecule has 34 heavy (non-hydrogen) atoms. The topological polar surface area (TPSA) is 97.4 Å². The molecule has 4 heterocycles. The molecular formula is C23H21ClN6O3S. The number of thiophene rings is 1. The summed E-state index contributed by atoms with van der Waals surface area (Å²) in [7, 11) is 0. The van der Waals surface area contributed by atoms with Gasteiger partial charge in [0.2, 0.25) is 17.6 Å². The first-order chi connectivity index (χ1) is 16.6. The quantitative estimate of drug-likeness (QED) is 0.404. The fraction of sp³-hybridized carbons (Fsp3) is 0.261. The van der Waals surface area contributed by atoms with E-state index >= 15 is 0 Å². The molecule has 1 aliphatic heterocycles. The van der Waals surface area contributed by atoms with Crippen LogP contribution in [0.15, 0.2) is 63.4 Å². The summed E-state index contributed by atoms with van der Waals surface area (Å²) in [6, 6.07) is 13.0. The third-order valence-corrected chi connectivity index (χ3v) is 6.86. The van der Waals surface area contributed by atoms with Crippen molar-refractivity contribution in [2.45, 2.75) is 12.8 Å². The van der Waals surface area contributed by atoms with Gasteiger partial charge in [-0.05, 0) is 23.6 Å². The first-order valence-electron chi connectivity index (χ1n) is 10.8.